The van der Waals surface area contributed by atoms with Gasteiger partial charge >= 0.3 is 0 Å². The van der Waals surface area contributed by atoms with Crippen molar-refractivity contribution in [3.63, 3.8) is 0 Å². The second-order valence-corrected chi connectivity index (χ2v) is 7.21. The number of hydrogen-bond donors (Lipinski definition) is 1. The van der Waals surface area contributed by atoms with Crippen LogP contribution in [0.3, 0.4) is 0 Å². The van der Waals surface area contributed by atoms with Crippen molar-refractivity contribution in [3.8, 4) is 0 Å². The van der Waals surface area contributed by atoms with Gasteiger partial charge in [-0.25, -0.2) is 4.98 Å². The Morgan fingerprint density at radius 3 is 2.91 bits per heavy atom. The van der Waals surface area contributed by atoms with Gasteiger partial charge in [0.1, 0.15) is 0 Å². The lowest BCUT2D eigenvalue weighted by atomic mass is 10.1. The van der Waals surface area contributed by atoms with Gasteiger partial charge in [-0.3, -0.25) is 4.79 Å². The third-order valence-electron chi connectivity index (χ3n) is 4.28. The van der Waals surface area contributed by atoms with Gasteiger partial charge < -0.3 is 14.6 Å². The number of aromatic nitrogens is 2. The standard InChI is InChI=1S/C17H21N3O2S/c1-11-8-13-6-4-5-7-15(13)20(11)16(22)12(2)23-17-18-9-14(10-21)19(17)3/h4-7,9,11-12,21H,8,10H2,1-3H3. The van der Waals surface area contributed by atoms with Crippen LogP contribution in [0.5, 0.6) is 0 Å². The van der Waals surface area contributed by atoms with Crippen molar-refractivity contribution in [2.45, 2.75) is 43.3 Å². The largest absolute Gasteiger partial charge is 0.390 e. The van der Waals surface area contributed by atoms with Crippen LogP contribution in [0, 0.1) is 0 Å². The zero-order chi connectivity index (χ0) is 16.6. The van der Waals surface area contributed by atoms with Gasteiger partial charge in [0.05, 0.1) is 23.7 Å². The molecule has 2 unspecified atom stereocenters. The molecule has 0 aliphatic carbocycles. The van der Waals surface area contributed by atoms with Crippen LogP contribution in [0.25, 0.3) is 0 Å². The highest BCUT2D eigenvalue weighted by atomic mass is 32.2. The van der Waals surface area contributed by atoms with E-state index in [9.17, 15) is 9.90 Å². The van der Waals surface area contributed by atoms with Crippen molar-refractivity contribution in [1.29, 1.82) is 0 Å². The molecule has 0 radical (unpaired) electrons. The van der Waals surface area contributed by atoms with E-state index in [2.05, 4.69) is 18.0 Å². The molecule has 0 saturated heterocycles. The topological polar surface area (TPSA) is 58.4 Å². The molecule has 122 valence electrons. The minimum Gasteiger partial charge on any atom is -0.390 e. The number of aliphatic hydroxyl groups excluding tert-OH is 1. The molecule has 23 heavy (non-hydrogen) atoms. The van der Waals surface area contributed by atoms with Crippen molar-refractivity contribution >= 4 is 23.4 Å². The van der Waals surface area contributed by atoms with E-state index in [1.807, 2.05) is 41.6 Å². The fourth-order valence-electron chi connectivity index (χ4n) is 2.99. The van der Waals surface area contributed by atoms with Crippen molar-refractivity contribution in [2.75, 3.05) is 4.90 Å². The number of carbonyl (C=O) groups is 1. The average Bonchev–Trinajstić information content (AvgIpc) is 3.06. The van der Waals surface area contributed by atoms with Gasteiger partial charge in [-0.2, -0.15) is 0 Å². The van der Waals surface area contributed by atoms with E-state index >= 15 is 0 Å². The summed E-state index contributed by atoms with van der Waals surface area (Å²) in [5.41, 5.74) is 2.99. The van der Waals surface area contributed by atoms with Gasteiger partial charge in [-0.05, 0) is 31.9 Å². The highest BCUT2D eigenvalue weighted by Crippen LogP contribution is 2.34. The lowest BCUT2D eigenvalue weighted by Gasteiger charge is -2.25. The number of amides is 1. The van der Waals surface area contributed by atoms with Crippen LogP contribution >= 0.6 is 11.8 Å². The molecule has 1 aromatic heterocycles. The number of thioether (sulfide) groups is 1. The summed E-state index contributed by atoms with van der Waals surface area (Å²) in [5.74, 6) is 0.0981. The Bertz CT molecular complexity index is 728. The number of imidazole rings is 1. The Kier molecular flexibility index (Phi) is 4.46. The predicted molar refractivity (Wildman–Crippen MR) is 91.5 cm³/mol. The minimum absolute atomic E-state index is 0.0527. The maximum atomic E-state index is 12.9. The van der Waals surface area contributed by atoms with Crippen molar-refractivity contribution < 1.29 is 9.90 Å². The number of fused-ring (bicyclic) bond motifs is 1. The van der Waals surface area contributed by atoms with E-state index in [0.29, 0.717) is 0 Å². The zero-order valence-electron chi connectivity index (χ0n) is 13.6. The van der Waals surface area contributed by atoms with Crippen LogP contribution in [-0.2, 0) is 24.9 Å². The van der Waals surface area contributed by atoms with Crippen LogP contribution in [0.4, 0.5) is 5.69 Å². The minimum atomic E-state index is -0.240. The molecule has 1 aliphatic rings. The Balaban J connectivity index is 1.79. The smallest absolute Gasteiger partial charge is 0.240 e. The van der Waals surface area contributed by atoms with Crippen LogP contribution < -0.4 is 4.90 Å². The van der Waals surface area contributed by atoms with Crippen molar-refractivity contribution in [2.24, 2.45) is 7.05 Å². The number of carbonyl (C=O) groups excluding carboxylic acids is 1. The summed E-state index contributed by atoms with van der Waals surface area (Å²) >= 11 is 1.43. The van der Waals surface area contributed by atoms with E-state index in [1.165, 1.54) is 17.3 Å². The monoisotopic (exact) mass is 331 g/mol. The third kappa shape index (κ3) is 2.88. The highest BCUT2D eigenvalue weighted by molar-refractivity contribution is 8.00. The molecule has 2 atom stereocenters. The van der Waals surface area contributed by atoms with Gasteiger partial charge in [0.2, 0.25) is 5.91 Å². The van der Waals surface area contributed by atoms with E-state index in [0.717, 1.165) is 23.0 Å². The molecular weight excluding hydrogens is 310 g/mol. The normalized spacial score (nSPS) is 18.1. The maximum Gasteiger partial charge on any atom is 0.240 e. The zero-order valence-corrected chi connectivity index (χ0v) is 14.4. The van der Waals surface area contributed by atoms with Crippen LogP contribution in [-0.4, -0.2) is 31.9 Å². The number of anilines is 1. The number of para-hydroxylation sites is 1. The maximum absolute atomic E-state index is 12.9. The molecule has 0 fully saturated rings. The van der Waals surface area contributed by atoms with Gasteiger partial charge in [0.15, 0.2) is 5.16 Å². The Morgan fingerprint density at radius 2 is 2.22 bits per heavy atom. The molecule has 3 rings (SSSR count). The van der Waals surface area contributed by atoms with E-state index in [-0.39, 0.29) is 23.8 Å². The van der Waals surface area contributed by atoms with Crippen LogP contribution in [0.1, 0.15) is 25.1 Å². The summed E-state index contributed by atoms with van der Waals surface area (Å²) in [5, 5.41) is 9.75. The van der Waals surface area contributed by atoms with Crippen LogP contribution in [0.2, 0.25) is 0 Å². The van der Waals surface area contributed by atoms with Gasteiger partial charge in [0.25, 0.3) is 0 Å². The fraction of sp³-hybridized carbons (Fsp3) is 0.412. The number of aliphatic hydroxyl groups is 1. The molecule has 1 aromatic carbocycles. The summed E-state index contributed by atoms with van der Waals surface area (Å²) in [4.78, 5) is 19.1. The summed E-state index contributed by atoms with van der Waals surface area (Å²) in [7, 11) is 1.85. The second-order valence-electron chi connectivity index (χ2n) is 5.90. The van der Waals surface area contributed by atoms with Gasteiger partial charge in [-0.15, -0.1) is 0 Å². The Hall–Kier alpha value is -1.79. The summed E-state index contributed by atoms with van der Waals surface area (Å²) in [6.07, 6.45) is 2.55. The molecule has 0 bridgehead atoms. The highest BCUT2D eigenvalue weighted by Gasteiger charge is 2.33. The lowest BCUT2D eigenvalue weighted by molar-refractivity contribution is -0.118. The molecule has 6 heteroatoms. The van der Waals surface area contributed by atoms with E-state index < -0.39 is 0 Å². The summed E-state index contributed by atoms with van der Waals surface area (Å²) in [6, 6.07) is 8.27. The van der Waals surface area contributed by atoms with Crippen molar-refractivity contribution in [3.05, 3.63) is 41.7 Å². The van der Waals surface area contributed by atoms with Gasteiger partial charge in [-0.1, -0.05) is 30.0 Å². The SMILES string of the molecule is CC(Sc1ncc(CO)n1C)C(=O)N1c2ccccc2CC1C. The van der Waals surface area contributed by atoms with E-state index in [1.54, 1.807) is 6.20 Å². The number of hydrogen-bond acceptors (Lipinski definition) is 4. The number of benzene rings is 1. The first-order chi connectivity index (χ1) is 11.0. The first-order valence-corrected chi connectivity index (χ1v) is 8.60. The molecule has 5 nitrogen and oxygen atoms in total. The average molecular weight is 331 g/mol. The molecule has 0 spiro atoms. The predicted octanol–water partition coefficient (Wildman–Crippen LogP) is 2.37. The quantitative estimate of drug-likeness (QED) is 0.874. The van der Waals surface area contributed by atoms with Crippen molar-refractivity contribution in [1.82, 2.24) is 9.55 Å². The van der Waals surface area contributed by atoms with Crippen LogP contribution in [0.15, 0.2) is 35.6 Å². The second kappa shape index (κ2) is 6.37. The molecule has 1 amide bonds. The Labute approximate surface area is 140 Å². The first-order valence-electron chi connectivity index (χ1n) is 7.72. The van der Waals surface area contributed by atoms with Gasteiger partial charge in [0, 0.05) is 18.8 Å². The van der Waals surface area contributed by atoms with E-state index in [4.69, 9.17) is 0 Å². The Morgan fingerprint density at radius 1 is 1.48 bits per heavy atom. The molecule has 2 heterocycles. The molecule has 1 aliphatic heterocycles. The fourth-order valence-corrected chi connectivity index (χ4v) is 3.91. The summed E-state index contributed by atoms with van der Waals surface area (Å²) < 4.78 is 1.83. The number of nitrogens with zero attached hydrogens (tertiary/aromatic N) is 3. The molecular formula is C17H21N3O2S. The molecule has 0 saturated carbocycles. The number of rotatable bonds is 4. The summed E-state index contributed by atoms with van der Waals surface area (Å²) in [6.45, 7) is 3.94. The third-order valence-corrected chi connectivity index (χ3v) is 5.42. The first kappa shape index (κ1) is 16.1. The molecule has 1 N–H and O–H groups in total. The lowest BCUT2D eigenvalue weighted by Crippen LogP contribution is -2.40. The molecule has 2 aromatic rings.